The highest BCUT2D eigenvalue weighted by Crippen LogP contribution is 2.25. The lowest BCUT2D eigenvalue weighted by Gasteiger charge is -2.15. The number of aromatic nitrogens is 2. The third-order valence-corrected chi connectivity index (χ3v) is 4.75. The second-order valence-electron chi connectivity index (χ2n) is 5.33. The molecule has 1 aromatic heterocycles. The van der Waals surface area contributed by atoms with Gasteiger partial charge >= 0.3 is 0 Å². The summed E-state index contributed by atoms with van der Waals surface area (Å²) < 4.78 is 16.0. The Balaban J connectivity index is 2.14. The maximum absolute atomic E-state index is 13.9. The Morgan fingerprint density at radius 1 is 1.19 bits per heavy atom. The molecule has 2 nitrogen and oxygen atoms in total. The van der Waals surface area contributed by atoms with Gasteiger partial charge in [0.2, 0.25) is 0 Å². The molecule has 0 radical (unpaired) electrons. The van der Waals surface area contributed by atoms with E-state index >= 15 is 0 Å². The fraction of sp³-hybridized carbons (Fsp3) is 0.471. The second kappa shape index (κ2) is 7.74. The van der Waals surface area contributed by atoms with Crippen LogP contribution in [0.2, 0.25) is 0 Å². The summed E-state index contributed by atoms with van der Waals surface area (Å²) in [6, 6.07) is 9.50. The fourth-order valence-electron chi connectivity index (χ4n) is 2.66. The molecule has 0 bridgehead atoms. The maximum Gasteiger partial charge on any atom is 0.126 e. The van der Waals surface area contributed by atoms with Gasteiger partial charge in [-0.1, -0.05) is 48.0 Å². The molecule has 1 unspecified atom stereocenters. The zero-order valence-electron chi connectivity index (χ0n) is 12.6. The van der Waals surface area contributed by atoms with E-state index < -0.39 is 0 Å². The van der Waals surface area contributed by atoms with Crippen molar-refractivity contribution in [2.24, 2.45) is 0 Å². The SMILES string of the molecule is CCC(CC)n1ccc(CC(CBr)c2ccccc2F)n1. The normalized spacial score (nSPS) is 12.8. The first-order chi connectivity index (χ1) is 10.2. The average molecular weight is 353 g/mol. The minimum atomic E-state index is -0.138. The molecule has 2 aromatic rings. The molecular formula is C17H22BrFN2. The van der Waals surface area contributed by atoms with Gasteiger partial charge in [-0.15, -0.1) is 0 Å². The lowest BCUT2D eigenvalue weighted by Crippen LogP contribution is -2.10. The van der Waals surface area contributed by atoms with Gasteiger partial charge in [0.1, 0.15) is 5.82 Å². The summed E-state index contributed by atoms with van der Waals surface area (Å²) in [7, 11) is 0. The first-order valence-corrected chi connectivity index (χ1v) is 8.66. The molecular weight excluding hydrogens is 331 g/mol. The van der Waals surface area contributed by atoms with Crippen LogP contribution in [0, 0.1) is 5.82 Å². The van der Waals surface area contributed by atoms with E-state index in [-0.39, 0.29) is 11.7 Å². The molecule has 0 fully saturated rings. The van der Waals surface area contributed by atoms with E-state index in [1.54, 1.807) is 6.07 Å². The summed E-state index contributed by atoms with van der Waals surface area (Å²) in [5.74, 6) is -0.0300. The third kappa shape index (κ3) is 3.94. The van der Waals surface area contributed by atoms with Crippen molar-refractivity contribution in [3.63, 3.8) is 0 Å². The first-order valence-electron chi connectivity index (χ1n) is 7.54. The molecule has 0 saturated carbocycles. The quantitative estimate of drug-likeness (QED) is 0.633. The van der Waals surface area contributed by atoms with E-state index in [2.05, 4.69) is 40.9 Å². The fourth-order valence-corrected chi connectivity index (χ4v) is 3.24. The number of alkyl halides is 1. The van der Waals surface area contributed by atoms with Gasteiger partial charge in [0, 0.05) is 17.4 Å². The van der Waals surface area contributed by atoms with Crippen LogP contribution in [0.1, 0.15) is 49.9 Å². The highest BCUT2D eigenvalue weighted by atomic mass is 79.9. The molecule has 0 spiro atoms. The third-order valence-electron chi connectivity index (χ3n) is 3.97. The van der Waals surface area contributed by atoms with Gasteiger partial charge in [0.05, 0.1) is 11.7 Å². The lowest BCUT2D eigenvalue weighted by molar-refractivity contribution is 0.424. The monoisotopic (exact) mass is 352 g/mol. The number of nitrogens with zero attached hydrogens (tertiary/aromatic N) is 2. The van der Waals surface area contributed by atoms with Crippen LogP contribution in [-0.2, 0) is 6.42 Å². The number of benzene rings is 1. The molecule has 0 aliphatic rings. The van der Waals surface area contributed by atoms with Crippen molar-refractivity contribution >= 4 is 15.9 Å². The molecule has 0 aliphatic carbocycles. The van der Waals surface area contributed by atoms with Gasteiger partial charge in [-0.2, -0.15) is 5.10 Å². The van der Waals surface area contributed by atoms with Gasteiger partial charge in [0.25, 0.3) is 0 Å². The molecule has 0 saturated heterocycles. The van der Waals surface area contributed by atoms with Gasteiger partial charge < -0.3 is 0 Å². The van der Waals surface area contributed by atoms with Crippen molar-refractivity contribution in [1.82, 2.24) is 9.78 Å². The highest BCUT2D eigenvalue weighted by molar-refractivity contribution is 9.09. The molecule has 114 valence electrons. The summed E-state index contributed by atoms with van der Waals surface area (Å²) in [6.45, 7) is 4.35. The van der Waals surface area contributed by atoms with Gasteiger partial charge in [-0.05, 0) is 37.0 Å². The van der Waals surface area contributed by atoms with Crippen molar-refractivity contribution in [3.05, 3.63) is 53.6 Å². The summed E-state index contributed by atoms with van der Waals surface area (Å²) in [4.78, 5) is 0. The predicted octanol–water partition coefficient (Wildman–Crippen LogP) is 5.10. The minimum absolute atomic E-state index is 0.108. The number of rotatable bonds is 7. The molecule has 2 rings (SSSR count). The molecule has 4 heteroatoms. The van der Waals surface area contributed by atoms with Crippen molar-refractivity contribution < 1.29 is 4.39 Å². The van der Waals surface area contributed by atoms with Crippen LogP contribution in [0.5, 0.6) is 0 Å². The van der Waals surface area contributed by atoms with E-state index in [1.165, 1.54) is 6.07 Å². The molecule has 0 amide bonds. The molecule has 21 heavy (non-hydrogen) atoms. The van der Waals surface area contributed by atoms with E-state index in [0.29, 0.717) is 6.04 Å². The number of hydrogen-bond donors (Lipinski definition) is 0. The van der Waals surface area contributed by atoms with Crippen LogP contribution in [0.4, 0.5) is 4.39 Å². The van der Waals surface area contributed by atoms with Crippen molar-refractivity contribution in [2.75, 3.05) is 5.33 Å². The molecule has 1 atom stereocenters. The Labute approximate surface area is 134 Å². The zero-order valence-corrected chi connectivity index (χ0v) is 14.2. The van der Waals surface area contributed by atoms with Crippen molar-refractivity contribution in [1.29, 1.82) is 0 Å². The molecule has 1 aromatic carbocycles. The summed E-state index contributed by atoms with van der Waals surface area (Å²) in [5.41, 5.74) is 1.78. The Morgan fingerprint density at radius 2 is 1.90 bits per heavy atom. The smallest absolute Gasteiger partial charge is 0.126 e. The second-order valence-corrected chi connectivity index (χ2v) is 5.98. The van der Waals surface area contributed by atoms with E-state index in [0.717, 1.165) is 35.8 Å². The standard InChI is InChI=1S/C17H22BrFN2/c1-3-15(4-2)21-10-9-14(20-21)11-13(12-18)16-7-5-6-8-17(16)19/h5-10,13,15H,3-4,11-12H2,1-2H3. The minimum Gasteiger partial charge on any atom is -0.269 e. The van der Waals surface area contributed by atoms with E-state index in [1.807, 2.05) is 23.0 Å². The average Bonchev–Trinajstić information content (AvgIpc) is 2.95. The number of hydrogen-bond acceptors (Lipinski definition) is 1. The van der Waals surface area contributed by atoms with Crippen LogP contribution < -0.4 is 0 Å². The zero-order chi connectivity index (χ0) is 15.2. The molecule has 0 aliphatic heterocycles. The summed E-state index contributed by atoms with van der Waals surface area (Å²) in [6.07, 6.45) is 4.94. The number of halogens is 2. The predicted molar refractivity (Wildman–Crippen MR) is 88.5 cm³/mol. The lowest BCUT2D eigenvalue weighted by atomic mass is 9.96. The van der Waals surface area contributed by atoms with Crippen LogP contribution in [0.3, 0.4) is 0 Å². The van der Waals surface area contributed by atoms with Crippen LogP contribution in [0.25, 0.3) is 0 Å². The topological polar surface area (TPSA) is 17.8 Å². The Morgan fingerprint density at radius 3 is 2.52 bits per heavy atom. The van der Waals surface area contributed by atoms with Gasteiger partial charge in [-0.25, -0.2) is 4.39 Å². The molecule has 1 heterocycles. The van der Waals surface area contributed by atoms with Crippen LogP contribution in [0.15, 0.2) is 36.5 Å². The Kier molecular flexibility index (Phi) is 5.97. The summed E-state index contributed by atoms with van der Waals surface area (Å²) in [5, 5.41) is 5.40. The van der Waals surface area contributed by atoms with Gasteiger partial charge in [0.15, 0.2) is 0 Å². The van der Waals surface area contributed by atoms with Gasteiger partial charge in [-0.3, -0.25) is 4.68 Å². The van der Waals surface area contributed by atoms with E-state index in [9.17, 15) is 4.39 Å². The van der Waals surface area contributed by atoms with Crippen molar-refractivity contribution in [3.8, 4) is 0 Å². The largest absolute Gasteiger partial charge is 0.269 e. The Bertz CT molecular complexity index is 563. The van der Waals surface area contributed by atoms with E-state index in [4.69, 9.17) is 0 Å². The van der Waals surface area contributed by atoms with Crippen molar-refractivity contribution in [2.45, 2.75) is 45.1 Å². The highest BCUT2D eigenvalue weighted by Gasteiger charge is 2.17. The van der Waals surface area contributed by atoms with Crippen LogP contribution in [-0.4, -0.2) is 15.1 Å². The maximum atomic E-state index is 13.9. The Hall–Kier alpha value is -1.16. The van der Waals surface area contributed by atoms with Crippen LogP contribution >= 0.6 is 15.9 Å². The molecule has 0 N–H and O–H groups in total. The summed E-state index contributed by atoms with van der Waals surface area (Å²) >= 11 is 3.51. The first kappa shape index (κ1) is 16.2.